The molecule has 0 saturated heterocycles. The summed E-state index contributed by atoms with van der Waals surface area (Å²) in [5.41, 5.74) is 2.36. The van der Waals surface area contributed by atoms with Gasteiger partial charge in [0, 0.05) is 16.3 Å². The minimum absolute atomic E-state index is 0.0446. The number of hydrogen-bond donors (Lipinski definition) is 0. The summed E-state index contributed by atoms with van der Waals surface area (Å²) in [5.74, 6) is 0. The predicted molar refractivity (Wildman–Crippen MR) is 198 cm³/mol. The molecule has 47 heavy (non-hydrogen) atoms. The molecule has 0 unspecified atom stereocenters. The van der Waals surface area contributed by atoms with Crippen LogP contribution in [0.5, 0.6) is 0 Å². The maximum Gasteiger partial charge on any atom is 0.143 e. The third-order valence-electron chi connectivity index (χ3n) is 8.39. The smallest absolute Gasteiger partial charge is 0.143 e. The van der Waals surface area contributed by atoms with Gasteiger partial charge in [-0.1, -0.05) is 157 Å². The average Bonchev–Trinajstić information content (AvgIpc) is 3.67. The molecule has 0 bridgehead atoms. The van der Waals surface area contributed by atoms with Gasteiger partial charge in [-0.2, -0.15) is 0 Å². The van der Waals surface area contributed by atoms with Crippen LogP contribution in [-0.2, 0) is 12.8 Å². The highest BCUT2D eigenvalue weighted by Crippen LogP contribution is 2.39. The Hall–Kier alpha value is -5.92. The van der Waals surface area contributed by atoms with E-state index in [1.807, 2.05) is 48.5 Å². The van der Waals surface area contributed by atoms with Crippen LogP contribution in [0.2, 0.25) is 0 Å². The number of rotatable bonds is 6. The molecule has 0 N–H and O–H groups in total. The van der Waals surface area contributed by atoms with Crippen LogP contribution in [0.1, 0.15) is 45.6 Å². The Morgan fingerprint density at radius 1 is 0.447 bits per heavy atom. The van der Waals surface area contributed by atoms with E-state index in [9.17, 15) is 6.85 Å². The zero-order valence-corrected chi connectivity index (χ0v) is 24.7. The lowest BCUT2D eigenvalue weighted by atomic mass is 9.86. The van der Waals surface area contributed by atoms with Crippen LogP contribution >= 0.6 is 0 Å². The molecule has 0 atom stereocenters. The molecule has 1 nitrogen and oxygen atoms in total. The molecule has 9 rings (SSSR count). The van der Waals surface area contributed by atoms with E-state index < -0.39 is 110 Å². The first-order chi connectivity index (χ1) is 30.4. The molecule has 0 aliphatic rings. The largest absolute Gasteiger partial charge is 0.455 e. The number of furan rings is 1. The highest BCUT2D eigenvalue weighted by Gasteiger charge is 2.16. The topological polar surface area (TPSA) is 13.1 Å². The first-order valence-corrected chi connectivity index (χ1v) is 15.0. The Morgan fingerprint density at radius 2 is 1.09 bits per heavy atom. The lowest BCUT2D eigenvalue weighted by molar-refractivity contribution is 0.670. The van der Waals surface area contributed by atoms with Gasteiger partial charge in [0.1, 0.15) is 11.2 Å². The maximum atomic E-state index is 9.58. The zero-order chi connectivity index (χ0) is 46.0. The van der Waals surface area contributed by atoms with Crippen LogP contribution in [0, 0.1) is 0 Å². The second kappa shape index (κ2) is 11.5. The van der Waals surface area contributed by atoms with Crippen molar-refractivity contribution in [1.82, 2.24) is 0 Å². The van der Waals surface area contributed by atoms with Crippen molar-refractivity contribution in [3.05, 3.63) is 192 Å². The Balaban J connectivity index is 1.33. The number of fused-ring (bicyclic) bond motifs is 5. The van der Waals surface area contributed by atoms with Gasteiger partial charge in [-0.25, -0.2) is 0 Å². The molecular weight excluding hydrogens is 569 g/mol. The van der Waals surface area contributed by atoms with E-state index in [1.165, 1.54) is 0 Å². The summed E-state index contributed by atoms with van der Waals surface area (Å²) in [6, 6.07) is 10.0. The summed E-state index contributed by atoms with van der Waals surface area (Å²) < 4.78 is 157. The second-order valence-corrected chi connectivity index (χ2v) is 11.1. The summed E-state index contributed by atoms with van der Waals surface area (Å²) >= 11 is 0. The Morgan fingerprint density at radius 3 is 1.79 bits per heavy atom. The van der Waals surface area contributed by atoms with E-state index in [2.05, 4.69) is 0 Å². The van der Waals surface area contributed by atoms with Crippen LogP contribution in [0.15, 0.2) is 174 Å². The fourth-order valence-corrected chi connectivity index (χ4v) is 6.27. The van der Waals surface area contributed by atoms with E-state index in [0.717, 1.165) is 21.9 Å². The molecule has 0 radical (unpaired) electrons. The van der Waals surface area contributed by atoms with E-state index in [1.54, 1.807) is 18.2 Å². The van der Waals surface area contributed by atoms with E-state index in [0.29, 0.717) is 16.7 Å². The molecule has 0 fully saturated rings. The van der Waals surface area contributed by atoms with Gasteiger partial charge < -0.3 is 4.42 Å². The van der Waals surface area contributed by atoms with Crippen molar-refractivity contribution in [3.8, 4) is 22.3 Å². The van der Waals surface area contributed by atoms with Crippen LogP contribution in [0.4, 0.5) is 0 Å². The molecule has 0 spiro atoms. The Bertz CT molecular complexity index is 3420. The standard InChI is InChI=1S/C46H32O/c1-3-13-31(14-4-1)28-43-37-19-7-9-21-39(37)44(40-22-10-8-20-38(40)43)29-32-15-11-18-34(27-32)35-25-26-41-42-24-12-23-36(33-16-5-2-6-17-33)46(42)47-45(41)30-35/h1-27,30H,28-29H2/i1D,3D,4D,7D,8D,9D,10D,11D,13D,14D,15D,18D,19D,20D,21D,22D,27D. The first-order valence-electron chi connectivity index (χ1n) is 23.5. The van der Waals surface area contributed by atoms with Crippen LogP contribution in [0.25, 0.3) is 65.7 Å². The molecule has 1 aromatic heterocycles. The maximum absolute atomic E-state index is 9.58. The molecule has 9 aromatic rings. The SMILES string of the molecule is [2H]c1c([2H])c([2H])c(Cc2c3c([2H])c([2H])c([2H])c([2H])c3c(Cc3c([2H])c([2H])c([2H])c(-c4ccc5c(c4)oc4c(-c6ccccc6)cccc45)c3[2H])c3c([2H])c([2H])c([2H])c([2H])c23)c([2H])c1[2H]. The number of hydrogen-bond acceptors (Lipinski definition) is 1. The van der Waals surface area contributed by atoms with E-state index in [-0.39, 0.29) is 55.4 Å². The molecule has 8 aromatic carbocycles. The van der Waals surface area contributed by atoms with Crippen LogP contribution < -0.4 is 0 Å². The van der Waals surface area contributed by atoms with E-state index >= 15 is 0 Å². The van der Waals surface area contributed by atoms with Crippen molar-refractivity contribution < 1.29 is 27.7 Å². The van der Waals surface area contributed by atoms with Gasteiger partial charge in [0.25, 0.3) is 0 Å². The van der Waals surface area contributed by atoms with Crippen LogP contribution in [0.3, 0.4) is 0 Å². The van der Waals surface area contributed by atoms with Gasteiger partial charge in [0.2, 0.25) is 0 Å². The summed E-state index contributed by atoms with van der Waals surface area (Å²) in [6.07, 6.45) is -1.18. The minimum Gasteiger partial charge on any atom is -0.455 e. The van der Waals surface area contributed by atoms with Crippen molar-refractivity contribution in [1.29, 1.82) is 0 Å². The fourth-order valence-electron chi connectivity index (χ4n) is 6.27. The summed E-state index contributed by atoms with van der Waals surface area (Å²) in [5, 5.41) is 0.583. The number of benzene rings is 8. The summed E-state index contributed by atoms with van der Waals surface area (Å²) in [6.45, 7) is 0. The third-order valence-corrected chi connectivity index (χ3v) is 8.39. The fraction of sp³-hybridized carbons (Fsp3) is 0.0435. The molecular formula is C46H32O. The molecule has 0 aliphatic heterocycles. The van der Waals surface area contributed by atoms with Gasteiger partial charge in [-0.05, 0) is 85.5 Å². The van der Waals surface area contributed by atoms with Crippen molar-refractivity contribution in [2.24, 2.45) is 0 Å². The first kappa shape index (κ1) is 15.1. The Labute approximate surface area is 298 Å². The van der Waals surface area contributed by atoms with E-state index in [4.69, 9.17) is 20.9 Å². The molecule has 1 heteroatoms. The lowest BCUT2D eigenvalue weighted by Gasteiger charge is -2.17. The molecule has 0 amide bonds. The van der Waals surface area contributed by atoms with Gasteiger partial charge in [0.05, 0.1) is 23.3 Å². The Kier molecular flexibility index (Phi) is 3.69. The van der Waals surface area contributed by atoms with Crippen molar-refractivity contribution >= 4 is 43.5 Å². The van der Waals surface area contributed by atoms with Gasteiger partial charge >= 0.3 is 0 Å². The minimum atomic E-state index is -0.709. The monoisotopic (exact) mass is 617 g/mol. The summed E-state index contributed by atoms with van der Waals surface area (Å²) in [7, 11) is 0. The third kappa shape index (κ3) is 4.88. The predicted octanol–water partition coefficient (Wildman–Crippen LogP) is 12.4. The van der Waals surface area contributed by atoms with Gasteiger partial charge in [-0.3, -0.25) is 0 Å². The molecule has 222 valence electrons. The quantitative estimate of drug-likeness (QED) is 0.169. The van der Waals surface area contributed by atoms with Crippen molar-refractivity contribution in [3.63, 3.8) is 0 Å². The second-order valence-electron chi connectivity index (χ2n) is 11.1. The lowest BCUT2D eigenvalue weighted by Crippen LogP contribution is -1.98. The highest BCUT2D eigenvalue weighted by atomic mass is 16.3. The van der Waals surface area contributed by atoms with Gasteiger partial charge in [0.15, 0.2) is 0 Å². The molecule has 1 heterocycles. The van der Waals surface area contributed by atoms with Crippen molar-refractivity contribution in [2.75, 3.05) is 0 Å². The van der Waals surface area contributed by atoms with Crippen LogP contribution in [-0.4, -0.2) is 0 Å². The highest BCUT2D eigenvalue weighted by molar-refractivity contribution is 6.10. The number of para-hydroxylation sites is 1. The summed E-state index contributed by atoms with van der Waals surface area (Å²) in [4.78, 5) is 0. The normalized spacial score (nSPS) is 16.6. The average molecular weight is 618 g/mol. The van der Waals surface area contributed by atoms with Crippen molar-refractivity contribution in [2.45, 2.75) is 12.8 Å². The molecule has 0 saturated carbocycles. The zero-order valence-electron chi connectivity index (χ0n) is 41.7. The molecule has 0 aliphatic carbocycles. The van der Waals surface area contributed by atoms with Gasteiger partial charge in [-0.15, -0.1) is 0 Å².